The third-order valence-corrected chi connectivity index (χ3v) is 6.21. The summed E-state index contributed by atoms with van der Waals surface area (Å²) in [6, 6.07) is 13.1. The van der Waals surface area contributed by atoms with Crippen LogP contribution in [-0.2, 0) is 4.79 Å². The first-order valence-corrected chi connectivity index (χ1v) is 10.6. The van der Waals surface area contributed by atoms with Gasteiger partial charge in [0, 0.05) is 44.3 Å². The Bertz CT molecular complexity index is 985. The third kappa shape index (κ3) is 4.16. The van der Waals surface area contributed by atoms with Crippen LogP contribution >= 0.6 is 0 Å². The quantitative estimate of drug-likeness (QED) is 0.712. The fourth-order valence-electron chi connectivity index (χ4n) is 4.31. The highest BCUT2D eigenvalue weighted by molar-refractivity contribution is 6.00. The van der Waals surface area contributed by atoms with Gasteiger partial charge in [0.2, 0.25) is 5.91 Å². The zero-order valence-electron chi connectivity index (χ0n) is 17.6. The monoisotopic (exact) mass is 405 g/mol. The number of fused-ring (bicyclic) bond motifs is 1. The first kappa shape index (κ1) is 20.3. The number of hydrogen-bond acceptors (Lipinski definition) is 4. The van der Waals surface area contributed by atoms with Gasteiger partial charge in [0.1, 0.15) is 11.4 Å². The van der Waals surface area contributed by atoms with Gasteiger partial charge >= 0.3 is 0 Å². The summed E-state index contributed by atoms with van der Waals surface area (Å²) in [4.78, 5) is 39.4. The number of hydrogen-bond donors (Lipinski definition) is 0. The number of ether oxygens (including phenoxy) is 1. The number of carbonyl (C=O) groups excluding carboxylic acids is 3. The molecule has 0 saturated carbocycles. The highest BCUT2D eigenvalue weighted by Gasteiger charge is 2.43. The van der Waals surface area contributed by atoms with Crippen molar-refractivity contribution < 1.29 is 19.1 Å². The summed E-state index contributed by atoms with van der Waals surface area (Å²) in [6.07, 6.45) is 2.04. The Balaban J connectivity index is 1.32. The van der Waals surface area contributed by atoms with Crippen LogP contribution in [0.15, 0.2) is 42.5 Å². The average Bonchev–Trinajstić information content (AvgIpc) is 2.73. The van der Waals surface area contributed by atoms with Crippen LogP contribution < -0.4 is 4.74 Å². The Morgan fingerprint density at radius 3 is 2.33 bits per heavy atom. The van der Waals surface area contributed by atoms with Gasteiger partial charge in [-0.3, -0.25) is 14.4 Å². The summed E-state index contributed by atoms with van der Waals surface area (Å²) in [5.74, 6) is 0.747. The summed E-state index contributed by atoms with van der Waals surface area (Å²) < 4.78 is 6.27. The van der Waals surface area contributed by atoms with Crippen LogP contribution in [0, 0.1) is 13.8 Å². The molecule has 2 aliphatic heterocycles. The second-order valence-electron chi connectivity index (χ2n) is 8.55. The smallest absolute Gasteiger partial charge is 0.223 e. The molecule has 1 spiro atoms. The first-order chi connectivity index (χ1) is 14.3. The van der Waals surface area contributed by atoms with Crippen LogP contribution in [0.5, 0.6) is 5.75 Å². The number of likely N-dealkylation sites (tertiary alicyclic amines) is 1. The molecular formula is C25H27NO4. The molecule has 0 atom stereocenters. The van der Waals surface area contributed by atoms with Crippen molar-refractivity contribution in [3.05, 3.63) is 64.7 Å². The summed E-state index contributed by atoms with van der Waals surface area (Å²) >= 11 is 0. The van der Waals surface area contributed by atoms with Crippen LogP contribution in [-0.4, -0.2) is 41.1 Å². The van der Waals surface area contributed by atoms with E-state index in [1.54, 1.807) is 4.90 Å². The van der Waals surface area contributed by atoms with E-state index in [1.807, 2.05) is 56.3 Å². The molecule has 2 aromatic carbocycles. The molecule has 0 aromatic heterocycles. The zero-order valence-corrected chi connectivity index (χ0v) is 17.6. The zero-order chi connectivity index (χ0) is 21.3. The fraction of sp³-hybridized carbons (Fsp3) is 0.400. The standard InChI is InChI=1S/C25H27NO4/c1-17-3-6-19(7-4-17)21(27)8-10-24(29)26-13-11-25(12-14-26)16-22(28)20-15-18(2)5-9-23(20)30-25/h3-7,9,15H,8,10-14,16H2,1-2H3. The van der Waals surface area contributed by atoms with Crippen molar-refractivity contribution in [2.75, 3.05) is 13.1 Å². The molecule has 30 heavy (non-hydrogen) atoms. The van der Waals surface area contributed by atoms with Crippen LogP contribution in [0.2, 0.25) is 0 Å². The van der Waals surface area contributed by atoms with E-state index in [0.29, 0.717) is 49.2 Å². The lowest BCUT2D eigenvalue weighted by atomic mass is 9.82. The van der Waals surface area contributed by atoms with Crippen LogP contribution in [0.25, 0.3) is 0 Å². The van der Waals surface area contributed by atoms with Crippen molar-refractivity contribution in [1.29, 1.82) is 0 Å². The lowest BCUT2D eigenvalue weighted by Crippen LogP contribution is -2.52. The number of ketones is 2. The van der Waals surface area contributed by atoms with E-state index in [2.05, 4.69) is 0 Å². The summed E-state index contributed by atoms with van der Waals surface area (Å²) in [7, 11) is 0. The van der Waals surface area contributed by atoms with Crippen LogP contribution in [0.4, 0.5) is 0 Å². The molecule has 1 saturated heterocycles. The number of carbonyl (C=O) groups is 3. The normalized spacial score (nSPS) is 17.4. The highest BCUT2D eigenvalue weighted by atomic mass is 16.5. The molecule has 1 fully saturated rings. The largest absolute Gasteiger partial charge is 0.486 e. The van der Waals surface area contributed by atoms with E-state index in [0.717, 1.165) is 11.1 Å². The number of Topliss-reactive ketones (excluding diaryl/α,β-unsaturated/α-hetero) is 2. The Kier molecular flexibility index (Phi) is 5.46. The maximum absolute atomic E-state index is 12.7. The molecule has 0 unspecified atom stereocenters. The van der Waals surface area contributed by atoms with Gasteiger partial charge < -0.3 is 9.64 Å². The predicted molar refractivity (Wildman–Crippen MR) is 114 cm³/mol. The van der Waals surface area contributed by atoms with E-state index >= 15 is 0 Å². The maximum Gasteiger partial charge on any atom is 0.223 e. The van der Waals surface area contributed by atoms with Crippen molar-refractivity contribution in [1.82, 2.24) is 4.90 Å². The minimum Gasteiger partial charge on any atom is -0.486 e. The highest BCUT2D eigenvalue weighted by Crippen LogP contribution is 2.39. The lowest BCUT2D eigenvalue weighted by Gasteiger charge is -2.44. The minimum absolute atomic E-state index is 0.00931. The van der Waals surface area contributed by atoms with Gasteiger partial charge in [-0.15, -0.1) is 0 Å². The second kappa shape index (κ2) is 8.05. The minimum atomic E-state index is -0.520. The van der Waals surface area contributed by atoms with Crippen molar-refractivity contribution in [2.24, 2.45) is 0 Å². The van der Waals surface area contributed by atoms with E-state index in [1.165, 1.54) is 0 Å². The van der Waals surface area contributed by atoms with E-state index < -0.39 is 5.60 Å². The maximum atomic E-state index is 12.7. The molecule has 1 amide bonds. The lowest BCUT2D eigenvalue weighted by molar-refractivity contribution is -0.134. The van der Waals surface area contributed by atoms with Crippen molar-refractivity contribution >= 4 is 17.5 Å². The number of rotatable bonds is 4. The molecule has 2 heterocycles. The Hall–Kier alpha value is -2.95. The number of piperidine rings is 1. The molecule has 0 radical (unpaired) electrons. The van der Waals surface area contributed by atoms with Crippen LogP contribution in [0.3, 0.4) is 0 Å². The van der Waals surface area contributed by atoms with Gasteiger partial charge in [-0.05, 0) is 26.0 Å². The van der Waals surface area contributed by atoms with Gasteiger partial charge in [0.15, 0.2) is 11.6 Å². The Morgan fingerprint density at radius 1 is 0.967 bits per heavy atom. The van der Waals surface area contributed by atoms with Gasteiger partial charge in [0.05, 0.1) is 12.0 Å². The predicted octanol–water partition coefficient (Wildman–Crippen LogP) is 4.29. The molecule has 0 N–H and O–H groups in total. The molecule has 0 bridgehead atoms. The molecular weight excluding hydrogens is 378 g/mol. The average molecular weight is 405 g/mol. The van der Waals surface area contributed by atoms with Crippen LogP contribution in [0.1, 0.15) is 63.9 Å². The second-order valence-corrected chi connectivity index (χ2v) is 8.55. The van der Waals surface area contributed by atoms with Gasteiger partial charge in [-0.1, -0.05) is 41.5 Å². The van der Waals surface area contributed by atoms with Crippen molar-refractivity contribution in [2.45, 2.75) is 51.6 Å². The summed E-state index contributed by atoms with van der Waals surface area (Å²) in [6.45, 7) is 5.04. The van der Waals surface area contributed by atoms with Gasteiger partial charge in [0.25, 0.3) is 0 Å². The molecule has 2 aromatic rings. The Labute approximate surface area is 177 Å². The van der Waals surface area contributed by atoms with E-state index in [-0.39, 0.29) is 30.3 Å². The number of amides is 1. The number of aryl methyl sites for hydroxylation is 2. The van der Waals surface area contributed by atoms with Crippen molar-refractivity contribution in [3.63, 3.8) is 0 Å². The number of nitrogens with zero attached hydrogens (tertiary/aromatic N) is 1. The summed E-state index contributed by atoms with van der Waals surface area (Å²) in [5.41, 5.74) is 2.93. The molecule has 2 aliphatic rings. The molecule has 5 nitrogen and oxygen atoms in total. The van der Waals surface area contributed by atoms with E-state index in [9.17, 15) is 14.4 Å². The molecule has 4 rings (SSSR count). The van der Waals surface area contributed by atoms with E-state index in [4.69, 9.17) is 4.74 Å². The fourth-order valence-corrected chi connectivity index (χ4v) is 4.31. The van der Waals surface area contributed by atoms with Gasteiger partial charge in [-0.25, -0.2) is 0 Å². The summed E-state index contributed by atoms with van der Waals surface area (Å²) in [5, 5.41) is 0. The van der Waals surface area contributed by atoms with Crippen molar-refractivity contribution in [3.8, 4) is 5.75 Å². The first-order valence-electron chi connectivity index (χ1n) is 10.6. The Morgan fingerprint density at radius 2 is 1.63 bits per heavy atom. The third-order valence-electron chi connectivity index (χ3n) is 6.21. The number of benzene rings is 2. The topological polar surface area (TPSA) is 63.7 Å². The molecule has 5 heteroatoms. The van der Waals surface area contributed by atoms with Gasteiger partial charge in [-0.2, -0.15) is 0 Å². The molecule has 0 aliphatic carbocycles. The molecule has 156 valence electrons. The SMILES string of the molecule is Cc1ccc(C(=O)CCC(=O)N2CCC3(CC2)CC(=O)c2cc(C)ccc2O3)cc1.